The van der Waals surface area contributed by atoms with Gasteiger partial charge in [-0.15, -0.1) is 35.6 Å². The molecule has 0 amide bonds. The monoisotopic (exact) mass is 225 g/mol. The third kappa shape index (κ3) is 1.46. The molecule has 0 saturated carbocycles. The summed E-state index contributed by atoms with van der Waals surface area (Å²) in [6.07, 6.45) is 8.20. The molecule has 12 heavy (non-hydrogen) atoms. The van der Waals surface area contributed by atoms with Crippen molar-refractivity contribution >= 4 is 35.6 Å². The third-order valence-electron chi connectivity index (χ3n) is 2.23. The van der Waals surface area contributed by atoms with E-state index in [1.54, 1.807) is 0 Å². The smallest absolute Gasteiger partial charge is 0.0746 e. The van der Waals surface area contributed by atoms with Crippen molar-refractivity contribution in [2.75, 3.05) is 5.88 Å². The predicted octanol–water partition coefficient (Wildman–Crippen LogP) is 2.60. The summed E-state index contributed by atoms with van der Waals surface area (Å²) in [7, 11) is 0. The second-order valence-corrected chi connectivity index (χ2v) is 3.70. The highest BCUT2D eigenvalue weighted by Gasteiger charge is 2.35. The zero-order valence-electron chi connectivity index (χ0n) is 6.36. The Morgan fingerprint density at radius 2 is 1.92 bits per heavy atom. The maximum Gasteiger partial charge on any atom is 0.0746 e. The van der Waals surface area contributed by atoms with E-state index in [9.17, 15) is 0 Å². The molecular formula is C8H10Cl3N. The lowest BCUT2D eigenvalue weighted by atomic mass is 10.0. The van der Waals surface area contributed by atoms with Gasteiger partial charge in [0, 0.05) is 24.2 Å². The molecule has 3 atom stereocenters. The maximum absolute atomic E-state index is 6.06. The van der Waals surface area contributed by atoms with Crippen LogP contribution in [0.1, 0.15) is 0 Å². The SMILES string of the molecule is Cl.ClCC1C=CN2C=CC(Cl)C12. The van der Waals surface area contributed by atoms with Gasteiger partial charge in [-0.1, -0.05) is 6.08 Å². The van der Waals surface area contributed by atoms with Crippen molar-refractivity contribution in [3.05, 3.63) is 24.6 Å². The summed E-state index contributed by atoms with van der Waals surface area (Å²) in [4.78, 5) is 2.13. The van der Waals surface area contributed by atoms with Crippen LogP contribution in [0.5, 0.6) is 0 Å². The predicted molar refractivity (Wildman–Crippen MR) is 55.0 cm³/mol. The van der Waals surface area contributed by atoms with Gasteiger partial charge < -0.3 is 4.90 Å². The molecule has 0 aliphatic carbocycles. The summed E-state index contributed by atoms with van der Waals surface area (Å²) in [6, 6.07) is 0.370. The number of halogens is 3. The van der Waals surface area contributed by atoms with E-state index in [0.717, 1.165) is 0 Å². The lowest BCUT2D eigenvalue weighted by Crippen LogP contribution is -2.31. The molecule has 0 fully saturated rings. The standard InChI is InChI=1S/C8H9Cl2N.ClH/c9-5-6-1-3-11-4-2-7(10)8(6)11;/h1-4,6-8H,5H2;1H. The number of alkyl halides is 2. The molecule has 2 aliphatic rings. The van der Waals surface area contributed by atoms with Crippen LogP contribution in [0.4, 0.5) is 0 Å². The van der Waals surface area contributed by atoms with Gasteiger partial charge in [-0.2, -0.15) is 0 Å². The minimum Gasteiger partial charge on any atom is -0.349 e. The molecule has 0 radical (unpaired) electrons. The Bertz CT molecular complexity index is 214. The van der Waals surface area contributed by atoms with E-state index in [1.807, 2.05) is 12.3 Å². The van der Waals surface area contributed by atoms with Crippen LogP contribution < -0.4 is 0 Å². The first-order valence-electron chi connectivity index (χ1n) is 3.67. The van der Waals surface area contributed by atoms with Crippen LogP contribution >= 0.6 is 35.6 Å². The summed E-state index contributed by atoms with van der Waals surface area (Å²) in [5.41, 5.74) is 0. The molecule has 0 aromatic heterocycles. The molecule has 2 aliphatic heterocycles. The number of hydrogen-bond acceptors (Lipinski definition) is 1. The number of fused-ring (bicyclic) bond motifs is 1. The summed E-state index contributed by atoms with van der Waals surface area (Å²) in [5.74, 6) is 1.07. The highest BCUT2D eigenvalue weighted by Crippen LogP contribution is 2.32. The highest BCUT2D eigenvalue weighted by atomic mass is 35.5. The molecule has 0 saturated heterocycles. The fraction of sp³-hybridized carbons (Fsp3) is 0.500. The molecular weight excluding hydrogens is 216 g/mol. The second kappa shape index (κ2) is 3.91. The molecule has 0 aromatic rings. The van der Waals surface area contributed by atoms with Crippen molar-refractivity contribution < 1.29 is 0 Å². The molecule has 0 spiro atoms. The molecule has 2 heterocycles. The van der Waals surface area contributed by atoms with Gasteiger partial charge in [0.2, 0.25) is 0 Å². The third-order valence-corrected chi connectivity index (χ3v) is 2.99. The molecule has 0 bridgehead atoms. The Morgan fingerprint density at radius 3 is 2.58 bits per heavy atom. The second-order valence-electron chi connectivity index (χ2n) is 2.88. The summed E-state index contributed by atoms with van der Waals surface area (Å²) < 4.78 is 0. The summed E-state index contributed by atoms with van der Waals surface area (Å²) in [5, 5.41) is 0.119. The van der Waals surface area contributed by atoms with Gasteiger partial charge in [0.15, 0.2) is 0 Å². The average molecular weight is 227 g/mol. The van der Waals surface area contributed by atoms with E-state index in [1.165, 1.54) is 0 Å². The van der Waals surface area contributed by atoms with Crippen molar-refractivity contribution in [3.63, 3.8) is 0 Å². The van der Waals surface area contributed by atoms with E-state index >= 15 is 0 Å². The minimum absolute atomic E-state index is 0. The molecule has 2 rings (SSSR count). The molecule has 68 valence electrons. The Kier molecular flexibility index (Phi) is 3.33. The molecule has 4 heteroatoms. The van der Waals surface area contributed by atoms with Crippen molar-refractivity contribution in [2.24, 2.45) is 5.92 Å². The Labute approximate surface area is 88.4 Å². The van der Waals surface area contributed by atoms with Crippen LogP contribution in [0.3, 0.4) is 0 Å². The molecule has 1 nitrogen and oxygen atoms in total. The van der Waals surface area contributed by atoms with Gasteiger partial charge in [0.1, 0.15) is 0 Å². The Morgan fingerprint density at radius 1 is 1.25 bits per heavy atom. The highest BCUT2D eigenvalue weighted by molar-refractivity contribution is 6.23. The lowest BCUT2D eigenvalue weighted by molar-refractivity contribution is 0.374. The quantitative estimate of drug-likeness (QED) is 0.621. The Balaban J connectivity index is 0.000000720. The average Bonchev–Trinajstić information content (AvgIpc) is 2.54. The van der Waals surface area contributed by atoms with E-state index in [4.69, 9.17) is 23.2 Å². The van der Waals surface area contributed by atoms with Gasteiger partial charge in [-0.05, 0) is 6.08 Å². The van der Waals surface area contributed by atoms with Gasteiger partial charge in [-0.25, -0.2) is 0 Å². The fourth-order valence-electron chi connectivity index (χ4n) is 1.63. The van der Waals surface area contributed by atoms with Crippen molar-refractivity contribution in [1.82, 2.24) is 4.90 Å². The van der Waals surface area contributed by atoms with Crippen LogP contribution in [0.15, 0.2) is 24.6 Å². The van der Waals surface area contributed by atoms with E-state index in [0.29, 0.717) is 17.8 Å². The van der Waals surface area contributed by atoms with E-state index < -0.39 is 0 Å². The zero-order valence-corrected chi connectivity index (χ0v) is 8.69. The van der Waals surface area contributed by atoms with E-state index in [2.05, 4.69) is 17.2 Å². The number of hydrogen-bond donors (Lipinski definition) is 0. The van der Waals surface area contributed by atoms with Gasteiger partial charge in [-0.3, -0.25) is 0 Å². The lowest BCUT2D eigenvalue weighted by Gasteiger charge is -2.22. The molecule has 0 aromatic carbocycles. The van der Waals surface area contributed by atoms with Crippen molar-refractivity contribution in [2.45, 2.75) is 11.4 Å². The zero-order chi connectivity index (χ0) is 7.84. The first-order valence-corrected chi connectivity index (χ1v) is 4.64. The fourth-order valence-corrected chi connectivity index (χ4v) is 2.30. The first kappa shape index (κ1) is 10.2. The van der Waals surface area contributed by atoms with Crippen molar-refractivity contribution in [1.29, 1.82) is 0 Å². The van der Waals surface area contributed by atoms with Crippen LogP contribution in [0.2, 0.25) is 0 Å². The topological polar surface area (TPSA) is 3.24 Å². The number of nitrogens with zero attached hydrogens (tertiary/aromatic N) is 1. The van der Waals surface area contributed by atoms with Gasteiger partial charge >= 0.3 is 0 Å². The molecule has 3 unspecified atom stereocenters. The van der Waals surface area contributed by atoms with Crippen molar-refractivity contribution in [3.8, 4) is 0 Å². The van der Waals surface area contributed by atoms with Crippen LogP contribution in [0, 0.1) is 5.92 Å². The first-order chi connectivity index (χ1) is 5.33. The van der Waals surface area contributed by atoms with E-state index in [-0.39, 0.29) is 17.8 Å². The van der Waals surface area contributed by atoms with Crippen LogP contribution in [-0.2, 0) is 0 Å². The van der Waals surface area contributed by atoms with Gasteiger partial charge in [0.25, 0.3) is 0 Å². The molecule has 0 N–H and O–H groups in total. The maximum atomic E-state index is 6.06. The van der Waals surface area contributed by atoms with Crippen LogP contribution in [-0.4, -0.2) is 22.2 Å². The minimum atomic E-state index is 0. The summed E-state index contributed by atoms with van der Waals surface area (Å²) >= 11 is 11.8. The Hall–Kier alpha value is 0.150. The van der Waals surface area contributed by atoms with Gasteiger partial charge in [0.05, 0.1) is 11.4 Å². The largest absolute Gasteiger partial charge is 0.349 e. The van der Waals surface area contributed by atoms with Crippen LogP contribution in [0.25, 0.3) is 0 Å². The normalized spacial score (nSPS) is 36.8. The number of rotatable bonds is 1. The summed E-state index contributed by atoms with van der Waals surface area (Å²) in [6.45, 7) is 0.